The molecule has 0 fully saturated rings. The van der Waals surface area contributed by atoms with Crippen LogP contribution in [0.15, 0.2) is 55.8 Å². The molecule has 5 rings (SSSR count). The van der Waals surface area contributed by atoms with E-state index in [9.17, 15) is 9.59 Å². The van der Waals surface area contributed by atoms with E-state index in [-0.39, 0.29) is 22.9 Å². The third-order valence-corrected chi connectivity index (χ3v) is 7.94. The molecule has 4 aromatic heterocycles. The third-order valence-electron chi connectivity index (χ3n) is 5.50. The summed E-state index contributed by atoms with van der Waals surface area (Å²) < 4.78 is 7.05. The fourth-order valence-corrected chi connectivity index (χ4v) is 5.81. The van der Waals surface area contributed by atoms with E-state index in [1.54, 1.807) is 35.1 Å². The van der Waals surface area contributed by atoms with Crippen LogP contribution in [-0.2, 0) is 6.54 Å². The van der Waals surface area contributed by atoms with Gasteiger partial charge in [-0.25, -0.2) is 9.97 Å². The smallest absolute Gasteiger partial charge is 0.262 e. The molecule has 0 bridgehead atoms. The molecule has 0 spiro atoms. The van der Waals surface area contributed by atoms with E-state index in [1.807, 2.05) is 26.8 Å². The van der Waals surface area contributed by atoms with Crippen LogP contribution < -0.4 is 11.1 Å². The van der Waals surface area contributed by atoms with Crippen LogP contribution in [0.2, 0.25) is 5.02 Å². The van der Waals surface area contributed by atoms with Crippen molar-refractivity contribution in [1.29, 1.82) is 0 Å². The highest BCUT2D eigenvalue weighted by Gasteiger charge is 2.20. The molecular formula is C23H19ClN4O3S2. The number of thiophene rings is 1. The number of nitrogens with zero attached hydrogens (tertiary/aromatic N) is 3. The molecule has 0 radical (unpaired) electrons. The Labute approximate surface area is 201 Å². The molecule has 4 heterocycles. The number of rotatable bonds is 5. The van der Waals surface area contributed by atoms with Crippen molar-refractivity contribution < 1.29 is 4.42 Å². The number of H-pyrrole nitrogens is 1. The van der Waals surface area contributed by atoms with Gasteiger partial charge in [-0.3, -0.25) is 14.2 Å². The first-order valence-corrected chi connectivity index (χ1v) is 12.3. The van der Waals surface area contributed by atoms with Crippen LogP contribution in [0.4, 0.5) is 0 Å². The zero-order valence-electron chi connectivity index (χ0n) is 18.0. The third kappa shape index (κ3) is 4.01. The lowest BCUT2D eigenvalue weighted by Crippen LogP contribution is -2.24. The monoisotopic (exact) mass is 498 g/mol. The lowest BCUT2D eigenvalue weighted by Gasteiger charge is -2.15. The van der Waals surface area contributed by atoms with Gasteiger partial charge in [0, 0.05) is 9.90 Å². The Balaban J connectivity index is 1.60. The number of halogens is 1. The molecular weight excluding hydrogens is 480 g/mol. The minimum atomic E-state index is -0.267. The van der Waals surface area contributed by atoms with Crippen LogP contribution in [0.3, 0.4) is 0 Å². The van der Waals surface area contributed by atoms with Gasteiger partial charge in [-0.15, -0.1) is 11.3 Å². The number of hydrogen-bond acceptors (Lipinski definition) is 7. The molecule has 7 nitrogen and oxygen atoms in total. The highest BCUT2D eigenvalue weighted by Crippen LogP contribution is 2.34. The molecule has 33 heavy (non-hydrogen) atoms. The number of aromatic nitrogens is 4. The average molecular weight is 499 g/mol. The van der Waals surface area contributed by atoms with Gasteiger partial charge in [-0.2, -0.15) is 0 Å². The Morgan fingerprint density at radius 3 is 2.82 bits per heavy atom. The van der Waals surface area contributed by atoms with Crippen LogP contribution >= 0.6 is 34.7 Å². The number of fused-ring (bicyclic) bond motifs is 2. The molecule has 0 saturated heterocycles. The first-order chi connectivity index (χ1) is 15.8. The number of thioether (sulfide) groups is 1. The Kier molecular flexibility index (Phi) is 5.64. The second-order valence-electron chi connectivity index (χ2n) is 7.70. The molecule has 0 saturated carbocycles. The lowest BCUT2D eigenvalue weighted by atomic mass is 10.2. The summed E-state index contributed by atoms with van der Waals surface area (Å²) in [5, 5.41) is 1.82. The average Bonchev–Trinajstić information content (AvgIpc) is 3.38. The van der Waals surface area contributed by atoms with Crippen molar-refractivity contribution >= 4 is 55.8 Å². The molecule has 1 atom stereocenters. The van der Waals surface area contributed by atoms with Crippen molar-refractivity contribution in [3.63, 3.8) is 0 Å². The number of nitrogens with one attached hydrogen (secondary N) is 1. The van der Waals surface area contributed by atoms with E-state index in [1.165, 1.54) is 23.1 Å². The maximum absolute atomic E-state index is 13.3. The lowest BCUT2D eigenvalue weighted by molar-refractivity contribution is 0.476. The number of aryl methyl sites for hydroxylation is 2. The Morgan fingerprint density at radius 1 is 1.24 bits per heavy atom. The van der Waals surface area contributed by atoms with Crippen molar-refractivity contribution in [2.24, 2.45) is 0 Å². The molecule has 10 heteroatoms. The zero-order chi connectivity index (χ0) is 23.3. The molecule has 0 amide bonds. The molecule has 168 valence electrons. The Hall–Kier alpha value is -2.88. The van der Waals surface area contributed by atoms with Gasteiger partial charge in [0.05, 0.1) is 34.3 Å². The molecule has 0 aliphatic carbocycles. The second kappa shape index (κ2) is 8.48. The van der Waals surface area contributed by atoms with Crippen molar-refractivity contribution in [2.75, 3.05) is 0 Å². The SMILES string of the molecule is Cc1sc2nc(C(C)Sc3nc4cc(Cl)ccc4c(=O)n3Cc3ccco3)[nH]c(=O)c2c1C. The topological polar surface area (TPSA) is 93.8 Å². The minimum absolute atomic E-state index is 0.157. The Bertz CT molecular complexity index is 1620. The van der Waals surface area contributed by atoms with E-state index in [0.717, 1.165) is 10.4 Å². The quantitative estimate of drug-likeness (QED) is 0.255. The highest BCUT2D eigenvalue weighted by atomic mass is 35.5. The fourth-order valence-electron chi connectivity index (χ4n) is 3.64. The molecule has 1 unspecified atom stereocenters. The first-order valence-electron chi connectivity index (χ1n) is 10.2. The second-order valence-corrected chi connectivity index (χ2v) is 10.6. The van der Waals surface area contributed by atoms with Gasteiger partial charge in [0.2, 0.25) is 0 Å². The highest BCUT2D eigenvalue weighted by molar-refractivity contribution is 7.99. The van der Waals surface area contributed by atoms with Gasteiger partial charge in [0.1, 0.15) is 16.4 Å². The van der Waals surface area contributed by atoms with Crippen molar-refractivity contribution in [3.8, 4) is 0 Å². The van der Waals surface area contributed by atoms with Gasteiger partial charge in [-0.1, -0.05) is 23.4 Å². The molecule has 1 N–H and O–H groups in total. The largest absolute Gasteiger partial charge is 0.467 e. The molecule has 0 aliphatic rings. The van der Waals surface area contributed by atoms with E-state index in [2.05, 4.69) is 4.98 Å². The fraction of sp³-hybridized carbons (Fsp3) is 0.217. The summed E-state index contributed by atoms with van der Waals surface area (Å²) >= 11 is 9.00. The maximum atomic E-state index is 13.3. The number of aromatic amines is 1. The van der Waals surface area contributed by atoms with E-state index >= 15 is 0 Å². The van der Waals surface area contributed by atoms with Crippen LogP contribution in [-0.4, -0.2) is 19.5 Å². The molecule has 5 aromatic rings. The molecule has 1 aromatic carbocycles. The molecule has 0 aliphatic heterocycles. The van der Waals surface area contributed by atoms with Crippen LogP contribution in [0.25, 0.3) is 21.1 Å². The van der Waals surface area contributed by atoms with Gasteiger partial charge < -0.3 is 9.40 Å². The van der Waals surface area contributed by atoms with Crippen LogP contribution in [0.1, 0.15) is 34.2 Å². The van der Waals surface area contributed by atoms with E-state index < -0.39 is 0 Å². The minimum Gasteiger partial charge on any atom is -0.467 e. The van der Waals surface area contributed by atoms with E-state index in [4.69, 9.17) is 26.0 Å². The number of hydrogen-bond donors (Lipinski definition) is 1. The normalized spacial score (nSPS) is 12.6. The number of furan rings is 1. The summed E-state index contributed by atoms with van der Waals surface area (Å²) in [6, 6.07) is 8.61. The summed E-state index contributed by atoms with van der Waals surface area (Å²) in [6.45, 7) is 6.07. The first kappa shape index (κ1) is 21.9. The predicted octanol–water partition coefficient (Wildman–Crippen LogP) is 5.46. The van der Waals surface area contributed by atoms with Crippen molar-refractivity contribution in [1.82, 2.24) is 19.5 Å². The summed E-state index contributed by atoms with van der Waals surface area (Å²) in [5.74, 6) is 1.17. The van der Waals surface area contributed by atoms with Gasteiger partial charge in [-0.05, 0) is 56.7 Å². The zero-order valence-corrected chi connectivity index (χ0v) is 20.4. The van der Waals surface area contributed by atoms with Crippen molar-refractivity contribution in [3.05, 3.63) is 84.4 Å². The van der Waals surface area contributed by atoms with Gasteiger partial charge >= 0.3 is 0 Å². The summed E-state index contributed by atoms with van der Waals surface area (Å²) in [4.78, 5) is 40.2. The van der Waals surface area contributed by atoms with Gasteiger partial charge in [0.25, 0.3) is 11.1 Å². The summed E-state index contributed by atoms with van der Waals surface area (Å²) in [7, 11) is 0. The Morgan fingerprint density at radius 2 is 2.06 bits per heavy atom. The number of benzene rings is 1. The summed E-state index contributed by atoms with van der Waals surface area (Å²) in [6.07, 6.45) is 1.57. The van der Waals surface area contributed by atoms with Crippen LogP contribution in [0.5, 0.6) is 0 Å². The predicted molar refractivity (Wildman–Crippen MR) is 133 cm³/mol. The van der Waals surface area contributed by atoms with Crippen LogP contribution in [0, 0.1) is 13.8 Å². The summed E-state index contributed by atoms with van der Waals surface area (Å²) in [5.41, 5.74) is 1.12. The van der Waals surface area contributed by atoms with Gasteiger partial charge in [0.15, 0.2) is 5.16 Å². The van der Waals surface area contributed by atoms with E-state index in [0.29, 0.717) is 42.9 Å². The standard InChI is InChI=1S/C23H19ClN4O3S2/c1-11-12(2)32-21-18(11)20(29)26-19(27-21)13(3)33-23-25-17-9-14(24)6-7-16(17)22(30)28(23)10-15-5-4-8-31-15/h4-9,13H,10H2,1-3H3,(H,26,27,29). The maximum Gasteiger partial charge on any atom is 0.262 e. The van der Waals surface area contributed by atoms with Crippen molar-refractivity contribution in [2.45, 2.75) is 37.7 Å².